The van der Waals surface area contributed by atoms with Gasteiger partial charge in [-0.25, -0.2) is 4.98 Å². The maximum atomic E-state index is 12.2. The Balaban J connectivity index is 2.44. The molecular weight excluding hydrogens is 258 g/mol. The normalized spacial score (nSPS) is 11.3. The van der Waals surface area contributed by atoms with Gasteiger partial charge in [-0.1, -0.05) is 5.92 Å². The number of aromatic nitrogens is 1. The Hall–Kier alpha value is -2.06. The molecule has 0 spiro atoms. The number of anilines is 1. The monoisotopic (exact) mass is 273 g/mol. The highest BCUT2D eigenvalue weighted by Gasteiger charge is 2.22. The Morgan fingerprint density at radius 2 is 2.21 bits per heavy atom. The van der Waals surface area contributed by atoms with E-state index in [9.17, 15) is 4.79 Å². The first kappa shape index (κ1) is 13.4. The lowest BCUT2D eigenvalue weighted by Gasteiger charge is -2.18. The fraction of sp³-hybridized carbons (Fsp3) is 0.286. The second kappa shape index (κ2) is 4.56. The molecule has 4 nitrogen and oxygen atoms in total. The largest absolute Gasteiger partial charge is 0.397 e. The summed E-state index contributed by atoms with van der Waals surface area (Å²) < 4.78 is 0. The van der Waals surface area contributed by atoms with E-state index in [2.05, 4.69) is 16.2 Å². The molecule has 0 aliphatic heterocycles. The predicted molar refractivity (Wildman–Crippen MR) is 79.1 cm³/mol. The molecule has 2 rings (SSSR count). The van der Waals surface area contributed by atoms with E-state index >= 15 is 0 Å². The molecular formula is C14H15N3OS. The molecule has 0 aromatic carbocycles. The summed E-state index contributed by atoms with van der Waals surface area (Å²) in [6, 6.07) is 3.76. The number of terminal acetylenes is 1. The minimum atomic E-state index is -0.705. The predicted octanol–water partition coefficient (Wildman–Crippen LogP) is 2.33. The quantitative estimate of drug-likeness (QED) is 0.825. The van der Waals surface area contributed by atoms with E-state index in [0.29, 0.717) is 10.6 Å². The third kappa shape index (κ3) is 2.54. The van der Waals surface area contributed by atoms with Gasteiger partial charge in [-0.15, -0.1) is 17.8 Å². The van der Waals surface area contributed by atoms with Gasteiger partial charge in [0.1, 0.15) is 9.71 Å². The number of hydrogen-bond acceptors (Lipinski definition) is 4. The molecule has 1 amide bonds. The number of carbonyl (C=O) groups excluding carboxylic acids is 1. The number of rotatable bonds is 2. The highest BCUT2D eigenvalue weighted by Crippen LogP contribution is 2.32. The van der Waals surface area contributed by atoms with E-state index in [1.165, 1.54) is 11.3 Å². The third-order valence-corrected chi connectivity index (χ3v) is 3.84. The van der Waals surface area contributed by atoms with Crippen LogP contribution in [0.2, 0.25) is 0 Å². The molecule has 0 aliphatic rings. The van der Waals surface area contributed by atoms with Crippen LogP contribution in [0.5, 0.6) is 0 Å². The summed E-state index contributed by atoms with van der Waals surface area (Å²) >= 11 is 1.28. The molecule has 0 aliphatic carbocycles. The van der Waals surface area contributed by atoms with Crippen LogP contribution in [0.25, 0.3) is 10.2 Å². The molecule has 3 N–H and O–H groups in total. The summed E-state index contributed by atoms with van der Waals surface area (Å²) in [5.74, 6) is 2.26. The van der Waals surface area contributed by atoms with E-state index in [4.69, 9.17) is 12.2 Å². The number of amides is 1. The summed E-state index contributed by atoms with van der Waals surface area (Å²) in [6.45, 7) is 5.42. The van der Waals surface area contributed by atoms with Gasteiger partial charge in [0.15, 0.2) is 0 Å². The molecule has 0 unspecified atom stereocenters. The first-order valence-corrected chi connectivity index (χ1v) is 6.61. The fourth-order valence-corrected chi connectivity index (χ4v) is 2.67. The van der Waals surface area contributed by atoms with Crippen molar-refractivity contribution in [3.63, 3.8) is 0 Å². The zero-order valence-corrected chi connectivity index (χ0v) is 11.9. The molecule has 2 aromatic rings. The number of carbonyl (C=O) groups is 1. The first-order valence-electron chi connectivity index (χ1n) is 5.80. The van der Waals surface area contributed by atoms with Crippen molar-refractivity contribution in [2.45, 2.75) is 26.3 Å². The number of nitrogens with one attached hydrogen (secondary N) is 1. The van der Waals surface area contributed by atoms with Crippen molar-refractivity contribution in [3.05, 3.63) is 22.7 Å². The minimum absolute atomic E-state index is 0.263. The summed E-state index contributed by atoms with van der Waals surface area (Å²) in [5, 5.41) is 3.57. The van der Waals surface area contributed by atoms with Crippen molar-refractivity contribution in [1.29, 1.82) is 0 Å². The highest BCUT2D eigenvalue weighted by molar-refractivity contribution is 7.21. The van der Waals surface area contributed by atoms with E-state index in [1.807, 2.05) is 19.1 Å². The number of aryl methyl sites for hydroxylation is 1. The SMILES string of the molecule is C#CC(C)(C)NC(=O)c1sc2nc(C)ccc2c1N. The zero-order valence-electron chi connectivity index (χ0n) is 11.1. The average Bonchev–Trinajstić information content (AvgIpc) is 2.66. The summed E-state index contributed by atoms with van der Waals surface area (Å²) in [6.07, 6.45) is 5.36. The van der Waals surface area contributed by atoms with Crippen LogP contribution in [0.4, 0.5) is 5.69 Å². The van der Waals surface area contributed by atoms with Crippen LogP contribution < -0.4 is 11.1 Å². The minimum Gasteiger partial charge on any atom is -0.397 e. The van der Waals surface area contributed by atoms with Gasteiger partial charge in [0, 0.05) is 11.1 Å². The van der Waals surface area contributed by atoms with E-state index < -0.39 is 5.54 Å². The van der Waals surface area contributed by atoms with Crippen LogP contribution in [0.3, 0.4) is 0 Å². The van der Waals surface area contributed by atoms with Crippen molar-refractivity contribution in [1.82, 2.24) is 10.3 Å². The van der Waals surface area contributed by atoms with E-state index in [0.717, 1.165) is 15.9 Å². The number of hydrogen-bond donors (Lipinski definition) is 2. The van der Waals surface area contributed by atoms with Gasteiger partial charge in [0.05, 0.1) is 11.2 Å². The van der Waals surface area contributed by atoms with Crippen LogP contribution in [-0.4, -0.2) is 16.4 Å². The first-order chi connectivity index (χ1) is 8.84. The topological polar surface area (TPSA) is 68.0 Å². The van der Waals surface area contributed by atoms with E-state index in [1.54, 1.807) is 13.8 Å². The van der Waals surface area contributed by atoms with Crippen molar-refractivity contribution >= 4 is 33.1 Å². The lowest BCUT2D eigenvalue weighted by atomic mass is 10.1. The molecule has 0 radical (unpaired) electrons. The van der Waals surface area contributed by atoms with Crippen LogP contribution in [-0.2, 0) is 0 Å². The number of fused-ring (bicyclic) bond motifs is 1. The molecule has 19 heavy (non-hydrogen) atoms. The van der Waals surface area contributed by atoms with Crippen LogP contribution in [0.1, 0.15) is 29.2 Å². The highest BCUT2D eigenvalue weighted by atomic mass is 32.1. The van der Waals surface area contributed by atoms with Gasteiger partial charge in [0.25, 0.3) is 5.91 Å². The van der Waals surface area contributed by atoms with Gasteiger partial charge in [0.2, 0.25) is 0 Å². The molecule has 98 valence electrons. The Labute approximate surface area is 116 Å². The molecule has 0 fully saturated rings. The average molecular weight is 273 g/mol. The molecule has 5 heteroatoms. The van der Waals surface area contributed by atoms with Gasteiger partial charge in [-0.3, -0.25) is 4.79 Å². The van der Waals surface area contributed by atoms with Crippen molar-refractivity contribution < 1.29 is 4.79 Å². The lowest BCUT2D eigenvalue weighted by molar-refractivity contribution is 0.0935. The number of thiophene rings is 1. The fourth-order valence-electron chi connectivity index (χ4n) is 1.63. The van der Waals surface area contributed by atoms with Crippen LogP contribution in [0, 0.1) is 19.3 Å². The Kier molecular flexibility index (Phi) is 3.21. The third-order valence-electron chi connectivity index (χ3n) is 2.73. The standard InChI is InChI=1S/C14H15N3OS/c1-5-14(3,4)17-12(18)11-10(15)9-7-6-8(2)16-13(9)19-11/h1,6-7H,15H2,2-4H3,(H,17,18). The molecule has 0 saturated carbocycles. The molecule has 0 saturated heterocycles. The van der Waals surface area contributed by atoms with Crippen molar-refractivity contribution in [2.75, 3.05) is 5.73 Å². The van der Waals surface area contributed by atoms with Gasteiger partial charge in [-0.2, -0.15) is 0 Å². The Bertz CT molecular complexity index is 695. The summed E-state index contributed by atoms with van der Waals surface area (Å²) in [5.41, 5.74) is 6.65. The number of nitrogens with two attached hydrogens (primary N) is 1. The number of pyridine rings is 1. The number of nitrogens with zero attached hydrogens (tertiary/aromatic N) is 1. The van der Waals surface area contributed by atoms with E-state index in [-0.39, 0.29) is 5.91 Å². The molecule has 2 aromatic heterocycles. The second-order valence-corrected chi connectivity index (χ2v) is 5.87. The molecule has 2 heterocycles. The van der Waals surface area contributed by atoms with Gasteiger partial charge < -0.3 is 11.1 Å². The van der Waals surface area contributed by atoms with Crippen molar-refractivity contribution in [2.24, 2.45) is 0 Å². The lowest BCUT2D eigenvalue weighted by Crippen LogP contribution is -2.41. The maximum absolute atomic E-state index is 12.2. The Morgan fingerprint density at radius 1 is 1.53 bits per heavy atom. The maximum Gasteiger partial charge on any atom is 0.264 e. The van der Waals surface area contributed by atoms with Crippen LogP contribution >= 0.6 is 11.3 Å². The van der Waals surface area contributed by atoms with Crippen molar-refractivity contribution in [3.8, 4) is 12.3 Å². The zero-order chi connectivity index (χ0) is 14.2. The number of nitrogen functional groups attached to an aromatic ring is 1. The molecule has 0 atom stereocenters. The second-order valence-electron chi connectivity index (χ2n) is 4.87. The molecule has 0 bridgehead atoms. The van der Waals surface area contributed by atoms with Gasteiger partial charge >= 0.3 is 0 Å². The van der Waals surface area contributed by atoms with Gasteiger partial charge in [-0.05, 0) is 32.9 Å². The van der Waals surface area contributed by atoms with Crippen LogP contribution in [0.15, 0.2) is 12.1 Å². The smallest absolute Gasteiger partial charge is 0.264 e. The summed E-state index contributed by atoms with van der Waals surface area (Å²) in [7, 11) is 0. The summed E-state index contributed by atoms with van der Waals surface area (Å²) in [4.78, 5) is 17.8. The Morgan fingerprint density at radius 3 is 2.84 bits per heavy atom.